The highest BCUT2D eigenvalue weighted by Crippen LogP contribution is 1.73. The van der Waals surface area contributed by atoms with E-state index in [0.717, 1.165) is 6.54 Å². The molecule has 0 saturated carbocycles. The first-order valence-electron chi connectivity index (χ1n) is 2.47. The predicted molar refractivity (Wildman–Crippen MR) is 38.2 cm³/mol. The van der Waals surface area contributed by atoms with Crippen molar-refractivity contribution in [1.29, 1.82) is 0 Å². The molecular weight excluding hydrogens is 122 g/mol. The molecule has 0 atom stereocenters. The lowest BCUT2D eigenvalue weighted by molar-refractivity contribution is 0.265. The van der Waals surface area contributed by atoms with E-state index in [1.54, 1.807) is 0 Å². The van der Waals surface area contributed by atoms with Crippen LogP contribution in [0, 0.1) is 0 Å². The average Bonchev–Trinajstić information content (AvgIpc) is 1.66. The fourth-order valence-electron chi connectivity index (χ4n) is 0.283. The van der Waals surface area contributed by atoms with Crippen LogP contribution in [0.1, 0.15) is 0 Å². The number of hydrogen-bond acceptors (Lipinski definition) is 3. The van der Waals surface area contributed by atoms with Gasteiger partial charge in [0.1, 0.15) is 12.2 Å². The fraction of sp³-hybridized carbons (Fsp3) is 0.800. The van der Waals surface area contributed by atoms with Gasteiger partial charge in [-0.15, -0.1) is 0 Å². The maximum absolute atomic E-state index is 4.79. The quantitative estimate of drug-likeness (QED) is 0.410. The molecule has 0 aromatic heterocycles. The lowest BCUT2D eigenvalue weighted by Crippen LogP contribution is -2.17. The summed E-state index contributed by atoms with van der Waals surface area (Å²) < 4.78 is 4.79. The van der Waals surface area contributed by atoms with Crippen LogP contribution in [0.25, 0.3) is 0 Å². The summed E-state index contributed by atoms with van der Waals surface area (Å²) in [5.74, 6) is 0. The van der Waals surface area contributed by atoms with Crippen LogP contribution in [0.2, 0.25) is 0 Å². The first-order valence-corrected chi connectivity index (χ1v) is 2.94. The normalized spacial score (nSPS) is 9.38. The Labute approximate surface area is 55.4 Å². The van der Waals surface area contributed by atoms with Gasteiger partial charge in [-0.3, -0.25) is 0 Å². The molecule has 0 saturated heterocycles. The zero-order valence-electron chi connectivity index (χ0n) is 5.26. The third kappa shape index (κ3) is 5.85. The van der Waals surface area contributed by atoms with Crippen molar-refractivity contribution in [3.63, 3.8) is 0 Å². The number of ether oxygens (including phenoxy) is 1. The second kappa shape index (κ2) is 5.00. The fourth-order valence-corrected chi connectivity index (χ4v) is 0.380. The first-order chi connectivity index (χ1) is 3.77. The van der Waals surface area contributed by atoms with Crippen molar-refractivity contribution in [3.05, 3.63) is 0 Å². The minimum atomic E-state index is 0.691. The molecule has 0 aromatic carbocycles. The predicted octanol–water partition coefficient (Wildman–Crippen LogP) is 0.522. The van der Waals surface area contributed by atoms with Gasteiger partial charge in [-0.05, 0) is 26.3 Å². The van der Waals surface area contributed by atoms with Crippen molar-refractivity contribution in [2.24, 2.45) is 0 Å². The van der Waals surface area contributed by atoms with Crippen molar-refractivity contribution in [2.75, 3.05) is 27.2 Å². The van der Waals surface area contributed by atoms with Gasteiger partial charge in [0.05, 0.1) is 0 Å². The van der Waals surface area contributed by atoms with Crippen molar-refractivity contribution in [2.45, 2.75) is 0 Å². The summed E-state index contributed by atoms with van der Waals surface area (Å²) in [5, 5.41) is 0. The Hall–Kier alpha value is -0.150. The average molecular weight is 133 g/mol. The van der Waals surface area contributed by atoms with E-state index in [2.05, 4.69) is 12.2 Å². The Bertz CT molecular complexity index is 65.4. The summed E-state index contributed by atoms with van der Waals surface area (Å²) in [6.07, 6.45) is 0. The second-order valence-electron chi connectivity index (χ2n) is 1.77. The first kappa shape index (κ1) is 7.85. The molecule has 0 heterocycles. The van der Waals surface area contributed by atoms with E-state index in [1.165, 1.54) is 5.55 Å². The molecule has 0 bridgehead atoms. The minimum absolute atomic E-state index is 0.691. The zero-order chi connectivity index (χ0) is 6.41. The molecular formula is C5H11NOS. The highest BCUT2D eigenvalue weighted by molar-refractivity contribution is 7.78. The number of rotatable bonds is 4. The van der Waals surface area contributed by atoms with Gasteiger partial charge in [0.15, 0.2) is 0 Å². The number of hydrogen-bond donors (Lipinski definition) is 0. The molecule has 0 aromatic rings. The van der Waals surface area contributed by atoms with Crippen LogP contribution in [0.5, 0.6) is 0 Å². The maximum Gasteiger partial charge on any atom is 0.146 e. The Morgan fingerprint density at radius 1 is 1.62 bits per heavy atom. The summed E-state index contributed by atoms with van der Waals surface area (Å²) in [6.45, 7) is 1.61. The van der Waals surface area contributed by atoms with Crippen LogP contribution >= 0.6 is 12.2 Å². The van der Waals surface area contributed by atoms with E-state index < -0.39 is 0 Å². The van der Waals surface area contributed by atoms with Gasteiger partial charge in [-0.2, -0.15) is 0 Å². The zero-order valence-corrected chi connectivity index (χ0v) is 6.07. The largest absolute Gasteiger partial charge is 0.488 e. The number of likely N-dealkylation sites (N-methyl/N-ethyl adjacent to an activating group) is 1. The molecule has 0 rings (SSSR count). The number of nitrogens with zero attached hydrogens (tertiary/aromatic N) is 1. The van der Waals surface area contributed by atoms with Crippen LogP contribution in [-0.2, 0) is 4.74 Å². The van der Waals surface area contributed by atoms with E-state index in [-0.39, 0.29) is 0 Å². The van der Waals surface area contributed by atoms with Gasteiger partial charge < -0.3 is 9.64 Å². The van der Waals surface area contributed by atoms with Gasteiger partial charge in [0, 0.05) is 6.54 Å². The molecule has 0 aliphatic rings. The Morgan fingerprint density at radius 3 is 2.62 bits per heavy atom. The van der Waals surface area contributed by atoms with Crippen LogP contribution in [0.4, 0.5) is 0 Å². The van der Waals surface area contributed by atoms with E-state index in [0.29, 0.717) is 6.61 Å². The third-order valence-corrected chi connectivity index (χ3v) is 0.860. The van der Waals surface area contributed by atoms with Gasteiger partial charge in [-0.25, -0.2) is 0 Å². The summed E-state index contributed by atoms with van der Waals surface area (Å²) in [5.41, 5.74) is 1.30. The van der Waals surface area contributed by atoms with Gasteiger partial charge in [-0.1, -0.05) is 0 Å². The van der Waals surface area contributed by atoms with Crippen LogP contribution in [0.15, 0.2) is 0 Å². The Kier molecular flexibility index (Phi) is 4.90. The number of thiocarbonyl (C=S) groups is 1. The highest BCUT2D eigenvalue weighted by Gasteiger charge is 1.85. The minimum Gasteiger partial charge on any atom is -0.488 e. The Morgan fingerprint density at radius 2 is 2.25 bits per heavy atom. The van der Waals surface area contributed by atoms with E-state index in [4.69, 9.17) is 4.74 Å². The highest BCUT2D eigenvalue weighted by atomic mass is 32.1. The summed E-state index contributed by atoms with van der Waals surface area (Å²) in [6, 6.07) is 0. The molecule has 0 aliphatic heterocycles. The smallest absolute Gasteiger partial charge is 0.146 e. The van der Waals surface area contributed by atoms with Crippen molar-refractivity contribution in [1.82, 2.24) is 4.90 Å². The maximum atomic E-state index is 4.79. The summed E-state index contributed by atoms with van der Waals surface area (Å²) in [4.78, 5) is 2.04. The molecule has 2 nitrogen and oxygen atoms in total. The lowest BCUT2D eigenvalue weighted by atomic mass is 10.6. The van der Waals surface area contributed by atoms with Crippen LogP contribution < -0.4 is 0 Å². The van der Waals surface area contributed by atoms with E-state index >= 15 is 0 Å². The molecule has 0 radical (unpaired) electrons. The van der Waals surface area contributed by atoms with Gasteiger partial charge in [0.25, 0.3) is 0 Å². The standard InChI is InChI=1S/C5H11NOS/c1-6(2)3-4-7-5-8/h5H,3-4H2,1-2H3. The Balaban J connectivity index is 2.81. The lowest BCUT2D eigenvalue weighted by Gasteiger charge is -2.06. The van der Waals surface area contributed by atoms with E-state index in [9.17, 15) is 0 Å². The molecule has 8 heavy (non-hydrogen) atoms. The molecule has 0 N–H and O–H groups in total. The monoisotopic (exact) mass is 133 g/mol. The topological polar surface area (TPSA) is 12.5 Å². The molecule has 0 aliphatic carbocycles. The molecule has 0 unspecified atom stereocenters. The van der Waals surface area contributed by atoms with Gasteiger partial charge >= 0.3 is 0 Å². The summed E-state index contributed by atoms with van der Waals surface area (Å²) >= 11 is 4.44. The molecule has 48 valence electrons. The second-order valence-corrected chi connectivity index (χ2v) is 1.96. The van der Waals surface area contributed by atoms with E-state index in [1.807, 2.05) is 19.0 Å². The SMILES string of the molecule is CN(C)CCOC=S. The van der Waals surface area contributed by atoms with Crippen LogP contribution in [-0.4, -0.2) is 37.7 Å². The molecule has 0 spiro atoms. The molecule has 0 amide bonds. The molecule has 0 fully saturated rings. The van der Waals surface area contributed by atoms with Crippen molar-refractivity contribution in [3.8, 4) is 0 Å². The summed E-state index contributed by atoms with van der Waals surface area (Å²) in [7, 11) is 3.99. The van der Waals surface area contributed by atoms with Crippen molar-refractivity contribution >= 4 is 17.8 Å². The van der Waals surface area contributed by atoms with Gasteiger partial charge in [0.2, 0.25) is 0 Å². The van der Waals surface area contributed by atoms with Crippen LogP contribution in [0.3, 0.4) is 0 Å². The molecule has 3 heteroatoms. The van der Waals surface area contributed by atoms with Crippen molar-refractivity contribution < 1.29 is 4.74 Å². The third-order valence-electron chi connectivity index (χ3n) is 0.724.